The van der Waals surface area contributed by atoms with Crippen LogP contribution >= 0.6 is 11.8 Å². The highest BCUT2D eigenvalue weighted by Gasteiger charge is 2.32. The standard InChI is InChI=1S/C16H30F2N4OS/c1-19-15(20-12-16(24-2)5-9-23-10-6-16)21-13-3-7-22(8-4-13)11-14(17)18/h13-14H,3-12H2,1-2H3,(H2,19,20,21). The van der Waals surface area contributed by atoms with Crippen molar-refractivity contribution in [3.63, 3.8) is 0 Å². The molecule has 0 aliphatic carbocycles. The van der Waals surface area contributed by atoms with E-state index in [2.05, 4.69) is 21.9 Å². The minimum absolute atomic E-state index is 0.113. The van der Waals surface area contributed by atoms with E-state index in [1.54, 1.807) is 7.05 Å². The van der Waals surface area contributed by atoms with E-state index >= 15 is 0 Å². The molecule has 2 N–H and O–H groups in total. The van der Waals surface area contributed by atoms with Gasteiger partial charge in [-0.2, -0.15) is 11.8 Å². The van der Waals surface area contributed by atoms with Crippen molar-refractivity contribution in [2.24, 2.45) is 4.99 Å². The Morgan fingerprint density at radius 2 is 2.00 bits per heavy atom. The van der Waals surface area contributed by atoms with Gasteiger partial charge in [0, 0.05) is 50.7 Å². The zero-order valence-electron chi connectivity index (χ0n) is 14.7. The third-order valence-electron chi connectivity index (χ3n) is 4.96. The normalized spacial score (nSPS) is 23.5. The average Bonchev–Trinajstić information content (AvgIpc) is 2.60. The molecule has 5 nitrogen and oxygen atoms in total. The van der Waals surface area contributed by atoms with Gasteiger partial charge >= 0.3 is 0 Å². The van der Waals surface area contributed by atoms with Gasteiger partial charge in [-0.1, -0.05) is 0 Å². The van der Waals surface area contributed by atoms with Crippen LogP contribution in [0.25, 0.3) is 0 Å². The van der Waals surface area contributed by atoms with Crippen LogP contribution in [0.5, 0.6) is 0 Å². The average molecular weight is 365 g/mol. The van der Waals surface area contributed by atoms with Crippen LogP contribution in [0.2, 0.25) is 0 Å². The Morgan fingerprint density at radius 3 is 2.54 bits per heavy atom. The summed E-state index contributed by atoms with van der Waals surface area (Å²) in [7, 11) is 1.77. The van der Waals surface area contributed by atoms with E-state index in [1.807, 2.05) is 16.7 Å². The summed E-state index contributed by atoms with van der Waals surface area (Å²) in [6.07, 6.45) is 3.74. The van der Waals surface area contributed by atoms with Gasteiger partial charge in [-0.3, -0.25) is 9.89 Å². The zero-order valence-corrected chi connectivity index (χ0v) is 15.5. The van der Waals surface area contributed by atoms with Crippen LogP contribution in [-0.4, -0.2) is 80.8 Å². The van der Waals surface area contributed by atoms with E-state index in [9.17, 15) is 8.78 Å². The molecule has 0 radical (unpaired) electrons. The molecule has 0 unspecified atom stereocenters. The number of likely N-dealkylation sites (tertiary alicyclic amines) is 1. The summed E-state index contributed by atoms with van der Waals surface area (Å²) >= 11 is 1.89. The second-order valence-electron chi connectivity index (χ2n) is 6.54. The monoisotopic (exact) mass is 364 g/mol. The number of thioether (sulfide) groups is 1. The minimum Gasteiger partial charge on any atom is -0.381 e. The van der Waals surface area contributed by atoms with Gasteiger partial charge in [0.1, 0.15) is 0 Å². The molecule has 8 heteroatoms. The quantitative estimate of drug-likeness (QED) is 0.556. The molecule has 2 rings (SSSR count). The van der Waals surface area contributed by atoms with E-state index in [1.165, 1.54) is 0 Å². The largest absolute Gasteiger partial charge is 0.381 e. The number of nitrogens with one attached hydrogen (secondary N) is 2. The second-order valence-corrected chi connectivity index (χ2v) is 7.81. The SMILES string of the molecule is CN=C(NCC1(SC)CCOCC1)NC1CCN(CC(F)F)CC1. The second kappa shape index (κ2) is 9.77. The maximum atomic E-state index is 12.4. The van der Waals surface area contributed by atoms with Gasteiger partial charge in [0.05, 0.1) is 6.54 Å². The van der Waals surface area contributed by atoms with E-state index in [4.69, 9.17) is 4.74 Å². The topological polar surface area (TPSA) is 48.9 Å². The lowest BCUT2D eigenvalue weighted by atomic mass is 9.99. The fraction of sp³-hybridized carbons (Fsp3) is 0.938. The van der Waals surface area contributed by atoms with Crippen LogP contribution in [0.3, 0.4) is 0 Å². The molecule has 0 amide bonds. The highest BCUT2D eigenvalue weighted by atomic mass is 32.2. The van der Waals surface area contributed by atoms with Gasteiger partial charge in [-0.05, 0) is 31.9 Å². The molecular formula is C16H30F2N4OS. The third-order valence-corrected chi connectivity index (χ3v) is 6.38. The van der Waals surface area contributed by atoms with Crippen LogP contribution in [0, 0.1) is 0 Å². The first-order valence-corrected chi connectivity index (χ1v) is 9.90. The molecule has 0 saturated carbocycles. The van der Waals surface area contributed by atoms with Gasteiger partial charge in [0.15, 0.2) is 5.96 Å². The molecule has 0 aromatic carbocycles. The molecule has 2 aliphatic heterocycles. The summed E-state index contributed by atoms with van der Waals surface area (Å²) in [5.41, 5.74) is 0. The van der Waals surface area contributed by atoms with Crippen molar-refractivity contribution >= 4 is 17.7 Å². The van der Waals surface area contributed by atoms with E-state index < -0.39 is 6.43 Å². The van der Waals surface area contributed by atoms with Crippen LogP contribution in [0.15, 0.2) is 4.99 Å². The summed E-state index contributed by atoms with van der Waals surface area (Å²) in [5.74, 6) is 0.808. The van der Waals surface area contributed by atoms with Crippen molar-refractivity contribution in [2.75, 3.05) is 52.7 Å². The zero-order chi connectivity index (χ0) is 17.4. The molecular weight excluding hydrogens is 334 g/mol. The van der Waals surface area contributed by atoms with E-state index in [0.29, 0.717) is 19.1 Å². The predicted octanol–water partition coefficient (Wildman–Crippen LogP) is 1.79. The van der Waals surface area contributed by atoms with Gasteiger partial charge in [-0.25, -0.2) is 8.78 Å². The van der Waals surface area contributed by atoms with Gasteiger partial charge in [0.2, 0.25) is 0 Å². The Labute approximate surface area is 148 Å². The van der Waals surface area contributed by atoms with Crippen LogP contribution < -0.4 is 10.6 Å². The molecule has 0 aromatic rings. The van der Waals surface area contributed by atoms with Crippen molar-refractivity contribution in [1.29, 1.82) is 0 Å². The van der Waals surface area contributed by atoms with Crippen LogP contribution in [-0.2, 0) is 4.74 Å². The van der Waals surface area contributed by atoms with Gasteiger partial charge < -0.3 is 15.4 Å². The molecule has 0 atom stereocenters. The van der Waals surface area contributed by atoms with Crippen LogP contribution in [0.1, 0.15) is 25.7 Å². The molecule has 2 aliphatic rings. The number of hydrogen-bond donors (Lipinski definition) is 2. The number of hydrogen-bond acceptors (Lipinski definition) is 4. The summed E-state index contributed by atoms with van der Waals surface area (Å²) in [6.45, 7) is 3.81. The van der Waals surface area contributed by atoms with E-state index in [-0.39, 0.29) is 11.3 Å². The first-order valence-electron chi connectivity index (χ1n) is 8.67. The first-order chi connectivity index (χ1) is 11.6. The lowest BCUT2D eigenvalue weighted by Crippen LogP contribution is -2.52. The highest BCUT2D eigenvalue weighted by molar-refractivity contribution is 8.00. The summed E-state index contributed by atoms with van der Waals surface area (Å²) in [6, 6.07) is 0.296. The Hall–Kier alpha value is -0.600. The lowest BCUT2D eigenvalue weighted by Gasteiger charge is -2.37. The van der Waals surface area contributed by atoms with Crippen molar-refractivity contribution in [3.8, 4) is 0 Å². The summed E-state index contributed by atoms with van der Waals surface area (Å²) in [4.78, 5) is 6.16. The number of guanidine groups is 1. The number of aliphatic imine (C=N–C) groups is 1. The van der Waals surface area contributed by atoms with Crippen molar-refractivity contribution in [2.45, 2.75) is 42.9 Å². The summed E-state index contributed by atoms with van der Waals surface area (Å²) < 4.78 is 30.5. The predicted molar refractivity (Wildman–Crippen MR) is 96.3 cm³/mol. The number of ether oxygens (including phenoxy) is 1. The smallest absolute Gasteiger partial charge is 0.251 e. The number of halogens is 2. The maximum absolute atomic E-state index is 12.4. The number of alkyl halides is 2. The van der Waals surface area contributed by atoms with Crippen molar-refractivity contribution < 1.29 is 13.5 Å². The number of rotatable bonds is 6. The lowest BCUT2D eigenvalue weighted by molar-refractivity contribution is 0.0743. The van der Waals surface area contributed by atoms with Gasteiger partial charge in [-0.15, -0.1) is 0 Å². The van der Waals surface area contributed by atoms with Crippen LogP contribution in [0.4, 0.5) is 8.78 Å². The molecule has 0 bridgehead atoms. The van der Waals surface area contributed by atoms with Crippen molar-refractivity contribution in [3.05, 3.63) is 0 Å². The molecule has 24 heavy (non-hydrogen) atoms. The highest BCUT2D eigenvalue weighted by Crippen LogP contribution is 2.32. The Bertz CT molecular complexity index is 398. The van der Waals surface area contributed by atoms with Crippen molar-refractivity contribution in [1.82, 2.24) is 15.5 Å². The third kappa shape index (κ3) is 6.04. The Morgan fingerprint density at radius 1 is 1.33 bits per heavy atom. The molecule has 0 spiro atoms. The van der Waals surface area contributed by atoms with E-state index in [0.717, 1.165) is 51.4 Å². The Kier molecular flexibility index (Phi) is 8.03. The number of piperidine rings is 1. The van der Waals surface area contributed by atoms with Gasteiger partial charge in [0.25, 0.3) is 6.43 Å². The maximum Gasteiger partial charge on any atom is 0.251 e. The molecule has 140 valence electrons. The first kappa shape index (κ1) is 19.7. The number of nitrogens with zero attached hydrogens (tertiary/aromatic N) is 2. The molecule has 0 aromatic heterocycles. The summed E-state index contributed by atoms with van der Waals surface area (Å²) in [5, 5.41) is 6.90. The molecule has 2 fully saturated rings. The fourth-order valence-corrected chi connectivity index (χ4v) is 4.08. The Balaban J connectivity index is 1.74. The fourth-order valence-electron chi connectivity index (χ4n) is 3.28. The molecule has 2 heterocycles. The minimum atomic E-state index is -2.24. The molecule has 2 saturated heterocycles.